The molecule has 192 valence electrons. The van der Waals surface area contributed by atoms with Gasteiger partial charge in [-0.2, -0.15) is 18.3 Å². The van der Waals surface area contributed by atoms with Crippen molar-refractivity contribution in [1.82, 2.24) is 15.5 Å². The molecule has 0 saturated heterocycles. The van der Waals surface area contributed by atoms with Gasteiger partial charge in [-0.3, -0.25) is 9.59 Å². The Balaban J connectivity index is 0.000000762. The number of hydrogen-bond donors (Lipinski definition) is 4. The number of rotatable bonds is 6. The van der Waals surface area contributed by atoms with Crippen LogP contribution in [0.25, 0.3) is 0 Å². The quantitative estimate of drug-likeness (QED) is 0.442. The van der Waals surface area contributed by atoms with Gasteiger partial charge in [0.1, 0.15) is 11.9 Å². The first kappa shape index (κ1) is 29.1. The number of carbonyl (C=O) groups is 3. The maximum atomic E-state index is 14.1. The summed E-state index contributed by atoms with van der Waals surface area (Å²) in [6.07, 6.45) is -5.46. The predicted molar refractivity (Wildman–Crippen MR) is 115 cm³/mol. The molecule has 1 aromatic carbocycles. The summed E-state index contributed by atoms with van der Waals surface area (Å²) in [5.41, 5.74) is 2.41. The van der Waals surface area contributed by atoms with Crippen molar-refractivity contribution in [3.8, 4) is 0 Å². The summed E-state index contributed by atoms with van der Waals surface area (Å²) in [6.45, 7) is 6.78. The van der Waals surface area contributed by atoms with Crippen molar-refractivity contribution in [3.63, 3.8) is 0 Å². The number of carboxylic acids is 1. The molecule has 0 unspecified atom stereocenters. The molecular formula is C21H24F4N4O6. The zero-order valence-electron chi connectivity index (χ0n) is 19.2. The molecule has 10 nitrogen and oxygen atoms in total. The highest BCUT2D eigenvalue weighted by atomic mass is 19.4. The van der Waals surface area contributed by atoms with Crippen molar-refractivity contribution in [3.05, 3.63) is 56.8 Å². The third-order valence-corrected chi connectivity index (χ3v) is 4.53. The van der Waals surface area contributed by atoms with Gasteiger partial charge in [0, 0.05) is 12.0 Å². The van der Waals surface area contributed by atoms with E-state index in [1.165, 1.54) is 19.1 Å². The molecule has 1 atom stereocenters. The van der Waals surface area contributed by atoms with Gasteiger partial charge in [0.05, 0.1) is 18.0 Å². The lowest BCUT2D eigenvalue weighted by molar-refractivity contribution is -0.192. The summed E-state index contributed by atoms with van der Waals surface area (Å²) in [5, 5.41) is 18.4. The number of aliphatic carboxylic acids is 1. The van der Waals surface area contributed by atoms with Crippen LogP contribution in [0, 0.1) is 19.7 Å². The van der Waals surface area contributed by atoms with Crippen molar-refractivity contribution < 1.29 is 41.8 Å². The van der Waals surface area contributed by atoms with Crippen LogP contribution in [0.3, 0.4) is 0 Å². The summed E-state index contributed by atoms with van der Waals surface area (Å²) in [5.74, 6) is -3.95. The highest BCUT2D eigenvalue weighted by Gasteiger charge is 2.38. The highest BCUT2D eigenvalue weighted by molar-refractivity contribution is 5.96. The van der Waals surface area contributed by atoms with Gasteiger partial charge in [0.25, 0.3) is 5.56 Å². The first-order valence-corrected chi connectivity index (χ1v) is 10.0. The van der Waals surface area contributed by atoms with Crippen molar-refractivity contribution in [2.45, 2.75) is 46.3 Å². The Labute approximate surface area is 196 Å². The molecule has 0 spiro atoms. The molecule has 35 heavy (non-hydrogen) atoms. The molecule has 0 aliphatic rings. The van der Waals surface area contributed by atoms with E-state index in [0.717, 1.165) is 5.56 Å². The van der Waals surface area contributed by atoms with Gasteiger partial charge in [-0.15, -0.1) is 0 Å². The van der Waals surface area contributed by atoms with Gasteiger partial charge < -0.3 is 20.5 Å². The minimum absolute atomic E-state index is 0.0150. The molecule has 0 saturated carbocycles. The van der Waals surface area contributed by atoms with E-state index < -0.39 is 36.0 Å². The van der Waals surface area contributed by atoms with E-state index in [4.69, 9.17) is 14.6 Å². The van der Waals surface area contributed by atoms with Crippen molar-refractivity contribution in [2.24, 2.45) is 0 Å². The van der Waals surface area contributed by atoms with Gasteiger partial charge in [-0.05, 0) is 51.0 Å². The number of aromatic amines is 1. The number of anilines is 1. The molecule has 0 aliphatic heterocycles. The average Bonchev–Trinajstić information content (AvgIpc) is 2.76. The summed E-state index contributed by atoms with van der Waals surface area (Å²) in [4.78, 5) is 44.1. The molecule has 0 aliphatic carbocycles. The normalized spacial score (nSPS) is 11.5. The van der Waals surface area contributed by atoms with E-state index in [2.05, 4.69) is 20.8 Å². The number of hydrogen-bond acceptors (Lipinski definition) is 6. The minimum atomic E-state index is -5.08. The van der Waals surface area contributed by atoms with Gasteiger partial charge in [-0.25, -0.2) is 19.1 Å². The van der Waals surface area contributed by atoms with Crippen LogP contribution in [0.5, 0.6) is 0 Å². The third kappa shape index (κ3) is 9.06. The molecule has 2 aromatic rings. The number of aromatic nitrogens is 2. The summed E-state index contributed by atoms with van der Waals surface area (Å²) in [6, 6.07) is 3.40. The molecule has 2 rings (SSSR count). The topological polar surface area (TPSA) is 150 Å². The van der Waals surface area contributed by atoms with Gasteiger partial charge in [-0.1, -0.05) is 6.07 Å². The molecule has 2 amide bonds. The van der Waals surface area contributed by atoms with E-state index >= 15 is 0 Å². The predicted octanol–water partition coefficient (Wildman–Crippen LogP) is 2.82. The molecule has 0 fully saturated rings. The first-order valence-electron chi connectivity index (χ1n) is 10.0. The second-order valence-electron chi connectivity index (χ2n) is 7.12. The third-order valence-electron chi connectivity index (χ3n) is 4.53. The number of amides is 2. The molecular weight excluding hydrogens is 480 g/mol. The van der Waals surface area contributed by atoms with Crippen LogP contribution in [0.1, 0.15) is 36.2 Å². The van der Waals surface area contributed by atoms with Crippen molar-refractivity contribution >= 4 is 23.7 Å². The Morgan fingerprint density at radius 1 is 1.20 bits per heavy atom. The number of H-pyrrole nitrogens is 1. The number of carboxylic acid groups (broad SMARTS) is 1. The molecule has 4 N–H and O–H groups in total. The van der Waals surface area contributed by atoms with Gasteiger partial charge in [0.2, 0.25) is 5.91 Å². The van der Waals surface area contributed by atoms with Crippen LogP contribution < -0.4 is 16.2 Å². The fraction of sp³-hybridized carbons (Fsp3) is 0.381. The van der Waals surface area contributed by atoms with Crippen LogP contribution in [-0.4, -0.2) is 52.1 Å². The lowest BCUT2D eigenvalue weighted by Gasteiger charge is -2.15. The van der Waals surface area contributed by atoms with E-state index in [9.17, 15) is 31.9 Å². The maximum absolute atomic E-state index is 14.1. The van der Waals surface area contributed by atoms with Gasteiger partial charge in [0.15, 0.2) is 0 Å². The lowest BCUT2D eigenvalue weighted by atomic mass is 10.0. The number of ether oxygens (including phenoxy) is 1. The Morgan fingerprint density at radius 2 is 1.80 bits per heavy atom. The zero-order chi connectivity index (χ0) is 26.9. The van der Waals surface area contributed by atoms with E-state index in [-0.39, 0.29) is 17.9 Å². The monoisotopic (exact) mass is 504 g/mol. The van der Waals surface area contributed by atoms with Crippen LogP contribution in [0.15, 0.2) is 23.0 Å². The second-order valence-corrected chi connectivity index (χ2v) is 7.12. The summed E-state index contributed by atoms with van der Waals surface area (Å²) < 4.78 is 50.6. The lowest BCUT2D eigenvalue weighted by Crippen LogP contribution is -2.42. The molecule has 0 radical (unpaired) electrons. The van der Waals surface area contributed by atoms with Crippen LogP contribution in [-0.2, 0) is 20.7 Å². The molecule has 1 aromatic heterocycles. The largest absolute Gasteiger partial charge is 0.490 e. The first-order chi connectivity index (χ1) is 16.2. The number of nitrogens with zero attached hydrogens (tertiary/aromatic N) is 1. The summed E-state index contributed by atoms with van der Waals surface area (Å²) in [7, 11) is 0. The fourth-order valence-corrected chi connectivity index (χ4v) is 2.47. The highest BCUT2D eigenvalue weighted by Crippen LogP contribution is 2.20. The number of nitrogens with one attached hydrogen (secondary N) is 3. The summed E-state index contributed by atoms with van der Waals surface area (Å²) >= 11 is 0. The zero-order valence-corrected chi connectivity index (χ0v) is 19.2. The van der Waals surface area contributed by atoms with Crippen LogP contribution in [0.2, 0.25) is 0 Å². The average molecular weight is 504 g/mol. The van der Waals surface area contributed by atoms with Crippen LogP contribution in [0.4, 0.5) is 28.0 Å². The van der Waals surface area contributed by atoms with Crippen LogP contribution >= 0.6 is 0 Å². The number of alkyl halides is 3. The van der Waals surface area contributed by atoms with Crippen molar-refractivity contribution in [2.75, 3.05) is 11.9 Å². The van der Waals surface area contributed by atoms with Crippen molar-refractivity contribution in [1.29, 1.82) is 0 Å². The Bertz CT molecular complexity index is 1130. The standard InChI is InChI=1S/C19H23FN4O4.C2HF3O2/c1-5-28-19(27)21-12(4)18(26)22-16-9-13(6-7-14(16)20)8-15-10(2)11(3)17(25)24-23-15;3-2(4,5)1(6)7/h6-7,9,12H,5,8H2,1-4H3,(H,21,27)(H,22,26)(H,24,25);(H,6,7)/t12-;/m0./s1. The number of carbonyl (C=O) groups excluding carboxylic acids is 2. The second kappa shape index (κ2) is 12.5. The fourth-order valence-electron chi connectivity index (χ4n) is 2.47. The minimum Gasteiger partial charge on any atom is -0.475 e. The Kier molecular flexibility index (Phi) is 10.4. The smallest absolute Gasteiger partial charge is 0.475 e. The maximum Gasteiger partial charge on any atom is 0.490 e. The number of halogens is 4. The Hall–Kier alpha value is -3.97. The van der Waals surface area contributed by atoms with E-state index in [0.29, 0.717) is 23.2 Å². The SMILES string of the molecule is CCOC(=O)N[C@@H](C)C(=O)Nc1cc(Cc2n[nH]c(=O)c(C)c2C)ccc1F.O=C(O)C(F)(F)F. The molecule has 0 bridgehead atoms. The van der Waals surface area contributed by atoms with Gasteiger partial charge >= 0.3 is 18.2 Å². The van der Waals surface area contributed by atoms with E-state index in [1.54, 1.807) is 26.8 Å². The number of alkyl carbamates (subject to hydrolysis) is 1. The molecule has 14 heteroatoms. The molecule has 1 heterocycles. The Morgan fingerprint density at radius 3 is 2.34 bits per heavy atom. The van der Waals surface area contributed by atoms with E-state index in [1.807, 2.05) is 0 Å². The number of benzene rings is 1.